The fourth-order valence-corrected chi connectivity index (χ4v) is 1.55. The monoisotopic (exact) mass is 187 g/mol. The van der Waals surface area contributed by atoms with E-state index in [0.29, 0.717) is 5.69 Å². The van der Waals surface area contributed by atoms with Gasteiger partial charge in [-0.2, -0.15) is 5.26 Å². The van der Waals surface area contributed by atoms with Crippen molar-refractivity contribution in [2.45, 2.75) is 13.7 Å². The molecule has 0 saturated carbocycles. The average Bonchev–Trinajstić information content (AvgIpc) is 2.51. The minimum atomic E-state index is -0.0666. The highest BCUT2D eigenvalue weighted by Crippen LogP contribution is 2.18. The van der Waals surface area contributed by atoms with Crippen molar-refractivity contribution >= 4 is 10.9 Å². The molecule has 0 fully saturated rings. The molecular weight excluding hydrogens is 178 g/mol. The number of nitrogens with zero attached hydrogens (tertiary/aromatic N) is 3. The van der Waals surface area contributed by atoms with E-state index in [2.05, 4.69) is 4.98 Å². The van der Waals surface area contributed by atoms with E-state index in [1.54, 1.807) is 16.8 Å². The molecule has 4 nitrogen and oxygen atoms in total. The zero-order chi connectivity index (χ0) is 10.1. The normalized spacial score (nSPS) is 10.4. The van der Waals surface area contributed by atoms with Gasteiger partial charge >= 0.3 is 0 Å². The van der Waals surface area contributed by atoms with Crippen molar-refractivity contribution < 1.29 is 5.11 Å². The van der Waals surface area contributed by atoms with Gasteiger partial charge in [-0.15, -0.1) is 0 Å². The minimum Gasteiger partial charge on any atom is -0.376 e. The van der Waals surface area contributed by atoms with Gasteiger partial charge in [0.25, 0.3) is 0 Å². The molecule has 4 heteroatoms. The zero-order valence-electron chi connectivity index (χ0n) is 7.73. The number of pyridine rings is 1. The second kappa shape index (κ2) is 3.13. The van der Waals surface area contributed by atoms with Crippen molar-refractivity contribution in [1.82, 2.24) is 9.55 Å². The molecular formula is C10H9N3O. The van der Waals surface area contributed by atoms with Gasteiger partial charge in [0.1, 0.15) is 18.5 Å². The summed E-state index contributed by atoms with van der Waals surface area (Å²) in [4.78, 5) is 3.95. The second-order valence-electron chi connectivity index (χ2n) is 3.10. The van der Waals surface area contributed by atoms with E-state index >= 15 is 0 Å². The first-order chi connectivity index (χ1) is 6.76. The summed E-state index contributed by atoms with van der Waals surface area (Å²) in [6.07, 6.45) is 1.61. The standard InChI is InChI=1S/C10H9N3O/c1-7-2-8-3-9(4-11)12-5-10(8)13(7)6-14/h2-3,5,14H,6H2,1H3. The summed E-state index contributed by atoms with van der Waals surface area (Å²) in [6, 6.07) is 5.62. The molecule has 0 spiro atoms. The van der Waals surface area contributed by atoms with Gasteiger partial charge in [0.15, 0.2) is 0 Å². The fourth-order valence-electron chi connectivity index (χ4n) is 1.55. The third kappa shape index (κ3) is 1.15. The molecule has 0 aromatic carbocycles. The molecule has 0 aliphatic rings. The highest BCUT2D eigenvalue weighted by Gasteiger charge is 2.05. The summed E-state index contributed by atoms with van der Waals surface area (Å²) in [5, 5.41) is 18.7. The number of fused-ring (bicyclic) bond motifs is 1. The van der Waals surface area contributed by atoms with Gasteiger partial charge in [0, 0.05) is 11.1 Å². The Balaban J connectivity index is 2.76. The van der Waals surface area contributed by atoms with Crippen LogP contribution in [0.3, 0.4) is 0 Å². The van der Waals surface area contributed by atoms with Gasteiger partial charge in [-0.3, -0.25) is 0 Å². The van der Waals surface area contributed by atoms with Gasteiger partial charge in [0.2, 0.25) is 0 Å². The molecule has 0 aliphatic carbocycles. The van der Waals surface area contributed by atoms with Gasteiger partial charge < -0.3 is 9.67 Å². The molecule has 2 heterocycles. The predicted octanol–water partition coefficient (Wildman–Crippen LogP) is 1.17. The number of aryl methyl sites for hydroxylation is 1. The van der Waals surface area contributed by atoms with E-state index in [9.17, 15) is 0 Å². The molecule has 0 bridgehead atoms. The lowest BCUT2D eigenvalue weighted by atomic mass is 10.2. The smallest absolute Gasteiger partial charge is 0.141 e. The molecule has 14 heavy (non-hydrogen) atoms. The molecule has 0 aliphatic heterocycles. The second-order valence-corrected chi connectivity index (χ2v) is 3.10. The lowest BCUT2D eigenvalue weighted by Gasteiger charge is -2.01. The lowest BCUT2D eigenvalue weighted by Crippen LogP contribution is -1.98. The first-order valence-electron chi connectivity index (χ1n) is 4.23. The predicted molar refractivity (Wildman–Crippen MR) is 51.4 cm³/mol. The van der Waals surface area contributed by atoms with Crippen LogP contribution >= 0.6 is 0 Å². The van der Waals surface area contributed by atoms with E-state index < -0.39 is 0 Å². The summed E-state index contributed by atoms with van der Waals surface area (Å²) >= 11 is 0. The third-order valence-corrected chi connectivity index (χ3v) is 2.25. The van der Waals surface area contributed by atoms with Crippen LogP contribution in [0.2, 0.25) is 0 Å². The maximum absolute atomic E-state index is 9.10. The first kappa shape index (κ1) is 8.73. The summed E-state index contributed by atoms with van der Waals surface area (Å²) < 4.78 is 1.74. The number of aliphatic hydroxyl groups is 1. The van der Waals surface area contributed by atoms with Crippen molar-refractivity contribution in [2.24, 2.45) is 0 Å². The maximum Gasteiger partial charge on any atom is 0.141 e. The van der Waals surface area contributed by atoms with Crippen LogP contribution in [-0.2, 0) is 6.73 Å². The van der Waals surface area contributed by atoms with E-state index in [4.69, 9.17) is 10.4 Å². The maximum atomic E-state index is 9.10. The Bertz CT molecular complexity index is 522. The Kier molecular flexibility index (Phi) is 1.95. The van der Waals surface area contributed by atoms with E-state index in [0.717, 1.165) is 16.6 Å². The van der Waals surface area contributed by atoms with E-state index in [1.807, 2.05) is 19.1 Å². The SMILES string of the molecule is Cc1cc2cc(C#N)ncc2n1CO. The van der Waals surface area contributed by atoms with Crippen LogP contribution in [0.15, 0.2) is 18.3 Å². The quantitative estimate of drug-likeness (QED) is 0.728. The molecule has 2 rings (SSSR count). The Labute approximate surface area is 81.0 Å². The van der Waals surface area contributed by atoms with Crippen LogP contribution in [0, 0.1) is 18.3 Å². The fraction of sp³-hybridized carbons (Fsp3) is 0.200. The number of aliphatic hydroxyl groups excluding tert-OH is 1. The summed E-state index contributed by atoms with van der Waals surface area (Å²) in [7, 11) is 0. The van der Waals surface area contributed by atoms with Gasteiger partial charge in [-0.1, -0.05) is 0 Å². The molecule has 0 amide bonds. The van der Waals surface area contributed by atoms with Crippen LogP contribution < -0.4 is 0 Å². The molecule has 0 unspecified atom stereocenters. The van der Waals surface area contributed by atoms with E-state index in [-0.39, 0.29) is 6.73 Å². The molecule has 70 valence electrons. The van der Waals surface area contributed by atoms with Crippen molar-refractivity contribution in [2.75, 3.05) is 0 Å². The van der Waals surface area contributed by atoms with Gasteiger partial charge in [-0.05, 0) is 19.1 Å². The Morgan fingerprint density at radius 3 is 3.00 bits per heavy atom. The topological polar surface area (TPSA) is 61.8 Å². The Morgan fingerprint density at radius 2 is 2.36 bits per heavy atom. The molecule has 0 atom stereocenters. The van der Waals surface area contributed by atoms with Crippen LogP contribution in [0.4, 0.5) is 0 Å². The van der Waals surface area contributed by atoms with Crippen molar-refractivity contribution in [3.05, 3.63) is 29.7 Å². The summed E-state index contributed by atoms with van der Waals surface area (Å²) in [5.74, 6) is 0. The number of rotatable bonds is 1. The number of hydrogen-bond acceptors (Lipinski definition) is 3. The van der Waals surface area contributed by atoms with Gasteiger partial charge in [-0.25, -0.2) is 4.98 Å². The van der Waals surface area contributed by atoms with E-state index in [1.165, 1.54) is 0 Å². The molecule has 1 N–H and O–H groups in total. The van der Waals surface area contributed by atoms with Gasteiger partial charge in [0.05, 0.1) is 11.7 Å². The number of aromatic nitrogens is 2. The van der Waals surface area contributed by atoms with Crippen LogP contribution in [0.1, 0.15) is 11.4 Å². The van der Waals surface area contributed by atoms with Crippen molar-refractivity contribution in [3.8, 4) is 6.07 Å². The lowest BCUT2D eigenvalue weighted by molar-refractivity contribution is 0.213. The third-order valence-electron chi connectivity index (χ3n) is 2.25. The highest BCUT2D eigenvalue weighted by atomic mass is 16.3. The Hall–Kier alpha value is -1.86. The van der Waals surface area contributed by atoms with Crippen LogP contribution in [0.5, 0.6) is 0 Å². The Morgan fingerprint density at radius 1 is 1.57 bits per heavy atom. The average molecular weight is 187 g/mol. The highest BCUT2D eigenvalue weighted by molar-refractivity contribution is 5.81. The van der Waals surface area contributed by atoms with Crippen molar-refractivity contribution in [3.63, 3.8) is 0 Å². The summed E-state index contributed by atoms with van der Waals surface area (Å²) in [6.45, 7) is 1.84. The molecule has 2 aromatic rings. The van der Waals surface area contributed by atoms with Crippen molar-refractivity contribution in [1.29, 1.82) is 5.26 Å². The zero-order valence-corrected chi connectivity index (χ0v) is 7.73. The molecule has 0 saturated heterocycles. The first-order valence-corrected chi connectivity index (χ1v) is 4.23. The number of nitriles is 1. The minimum absolute atomic E-state index is 0.0666. The number of hydrogen-bond donors (Lipinski definition) is 1. The van der Waals surface area contributed by atoms with Crippen LogP contribution in [0.25, 0.3) is 10.9 Å². The molecule has 2 aromatic heterocycles. The summed E-state index contributed by atoms with van der Waals surface area (Å²) in [5.41, 5.74) is 2.20. The molecule has 0 radical (unpaired) electrons. The van der Waals surface area contributed by atoms with Crippen LogP contribution in [-0.4, -0.2) is 14.7 Å². The largest absolute Gasteiger partial charge is 0.376 e.